The fraction of sp³-hybridized carbons (Fsp3) is 0. The molecular weight excluding hydrogens is 536 g/mol. The monoisotopic (exact) mass is 562 g/mol. The lowest BCUT2D eigenvalue weighted by atomic mass is 9.89. The van der Waals surface area contributed by atoms with Crippen molar-refractivity contribution in [1.82, 2.24) is 19.9 Å². The number of hydrogen-bond donors (Lipinski definition) is 0. The highest BCUT2D eigenvalue weighted by Crippen LogP contribution is 2.40. The predicted molar refractivity (Wildman–Crippen MR) is 180 cm³/mol. The topological polar surface area (TPSA) is 51.6 Å². The predicted octanol–water partition coefficient (Wildman–Crippen LogP) is 9.91. The highest BCUT2D eigenvalue weighted by atomic mass is 15.0. The molecule has 0 saturated heterocycles. The number of hydrogen-bond acceptors (Lipinski definition) is 4. The van der Waals surface area contributed by atoms with E-state index in [2.05, 4.69) is 77.8 Å². The lowest BCUT2D eigenvalue weighted by Crippen LogP contribution is -2.00. The zero-order chi connectivity index (χ0) is 29.3. The SMILES string of the molecule is c1ccc(-c2nc(-c3ccccc3)nc(-c3cc(-c4ccncc4)cc(-c4c5ccccc5cc5ccccc45)c3)n2)cc1. The molecule has 0 fully saturated rings. The van der Waals surface area contributed by atoms with Gasteiger partial charge >= 0.3 is 0 Å². The molecule has 4 nitrogen and oxygen atoms in total. The van der Waals surface area contributed by atoms with Crippen molar-refractivity contribution >= 4 is 21.5 Å². The first kappa shape index (κ1) is 25.7. The van der Waals surface area contributed by atoms with Crippen LogP contribution in [0, 0.1) is 0 Å². The van der Waals surface area contributed by atoms with Gasteiger partial charge in [0.05, 0.1) is 0 Å². The fourth-order valence-corrected chi connectivity index (χ4v) is 5.87. The van der Waals surface area contributed by atoms with E-state index in [0.29, 0.717) is 17.5 Å². The number of rotatable bonds is 5. The van der Waals surface area contributed by atoms with Crippen LogP contribution < -0.4 is 0 Å². The van der Waals surface area contributed by atoms with Gasteiger partial charge in [-0.2, -0.15) is 0 Å². The molecule has 0 saturated carbocycles. The average molecular weight is 563 g/mol. The molecule has 0 atom stereocenters. The van der Waals surface area contributed by atoms with Crippen molar-refractivity contribution in [3.05, 3.63) is 158 Å². The van der Waals surface area contributed by atoms with E-state index in [-0.39, 0.29) is 0 Å². The van der Waals surface area contributed by atoms with Crippen LogP contribution in [0.15, 0.2) is 158 Å². The molecule has 0 unspecified atom stereocenters. The van der Waals surface area contributed by atoms with Gasteiger partial charge in [-0.25, -0.2) is 15.0 Å². The normalized spacial score (nSPS) is 11.2. The van der Waals surface area contributed by atoms with Crippen molar-refractivity contribution in [1.29, 1.82) is 0 Å². The van der Waals surface area contributed by atoms with Crippen LogP contribution in [0.2, 0.25) is 0 Å². The minimum absolute atomic E-state index is 0.624. The van der Waals surface area contributed by atoms with Gasteiger partial charge in [0.25, 0.3) is 0 Å². The van der Waals surface area contributed by atoms with Crippen LogP contribution in [-0.4, -0.2) is 19.9 Å². The van der Waals surface area contributed by atoms with Crippen LogP contribution in [0.5, 0.6) is 0 Å². The Balaban J connectivity index is 1.43. The summed E-state index contributed by atoms with van der Waals surface area (Å²) in [5.41, 5.74) is 7.25. The van der Waals surface area contributed by atoms with Gasteiger partial charge in [-0.15, -0.1) is 0 Å². The van der Waals surface area contributed by atoms with E-state index in [1.165, 1.54) is 27.1 Å². The van der Waals surface area contributed by atoms with Crippen LogP contribution >= 0.6 is 0 Å². The molecule has 0 aliphatic rings. The Kier molecular flexibility index (Phi) is 6.43. The maximum absolute atomic E-state index is 5.06. The van der Waals surface area contributed by atoms with E-state index in [1.807, 2.05) is 85.2 Å². The van der Waals surface area contributed by atoms with E-state index < -0.39 is 0 Å². The summed E-state index contributed by atoms with van der Waals surface area (Å²) >= 11 is 0. The summed E-state index contributed by atoms with van der Waals surface area (Å²) < 4.78 is 0. The van der Waals surface area contributed by atoms with Crippen LogP contribution in [0.4, 0.5) is 0 Å². The van der Waals surface area contributed by atoms with Crippen LogP contribution in [0.3, 0.4) is 0 Å². The molecule has 2 aromatic heterocycles. The molecule has 8 rings (SSSR count). The van der Waals surface area contributed by atoms with Crippen molar-refractivity contribution in [2.45, 2.75) is 0 Å². The molecule has 0 spiro atoms. The van der Waals surface area contributed by atoms with Gasteiger partial charge in [0.1, 0.15) is 0 Å². The Labute approximate surface area is 255 Å². The minimum atomic E-state index is 0.624. The van der Waals surface area contributed by atoms with Gasteiger partial charge in [0, 0.05) is 29.1 Å². The Morgan fingerprint density at radius 1 is 0.318 bits per heavy atom. The Bertz CT molecular complexity index is 2150. The molecular formula is C40H26N4. The molecule has 8 aromatic rings. The summed E-state index contributed by atoms with van der Waals surface area (Å²) in [7, 11) is 0. The molecule has 6 aromatic carbocycles. The summed E-state index contributed by atoms with van der Waals surface area (Å²) in [6.45, 7) is 0. The summed E-state index contributed by atoms with van der Waals surface area (Å²) in [4.78, 5) is 19.3. The highest BCUT2D eigenvalue weighted by molar-refractivity contribution is 6.13. The first-order valence-electron chi connectivity index (χ1n) is 14.6. The molecule has 0 aliphatic carbocycles. The third-order valence-corrected chi connectivity index (χ3v) is 7.96. The van der Waals surface area contributed by atoms with E-state index in [1.54, 1.807) is 0 Å². The quantitative estimate of drug-likeness (QED) is 0.196. The van der Waals surface area contributed by atoms with E-state index in [4.69, 9.17) is 15.0 Å². The molecule has 44 heavy (non-hydrogen) atoms. The highest BCUT2D eigenvalue weighted by Gasteiger charge is 2.17. The molecule has 0 amide bonds. The van der Waals surface area contributed by atoms with Gasteiger partial charge in [0.2, 0.25) is 0 Å². The van der Waals surface area contributed by atoms with E-state index >= 15 is 0 Å². The molecule has 2 heterocycles. The number of benzene rings is 6. The number of fused-ring (bicyclic) bond motifs is 2. The van der Waals surface area contributed by atoms with Crippen molar-refractivity contribution in [3.63, 3.8) is 0 Å². The van der Waals surface area contributed by atoms with E-state index in [0.717, 1.165) is 33.4 Å². The Hall–Kier alpha value is -6.00. The maximum atomic E-state index is 5.06. The molecule has 0 radical (unpaired) electrons. The third kappa shape index (κ3) is 4.79. The second kappa shape index (κ2) is 11.0. The number of pyridine rings is 1. The second-order valence-electron chi connectivity index (χ2n) is 10.8. The minimum Gasteiger partial charge on any atom is -0.265 e. The molecule has 0 bridgehead atoms. The largest absolute Gasteiger partial charge is 0.265 e. The second-order valence-corrected chi connectivity index (χ2v) is 10.8. The van der Waals surface area contributed by atoms with Crippen molar-refractivity contribution < 1.29 is 0 Å². The summed E-state index contributed by atoms with van der Waals surface area (Å²) in [5, 5.41) is 4.81. The first-order valence-corrected chi connectivity index (χ1v) is 14.6. The maximum Gasteiger partial charge on any atom is 0.164 e. The summed E-state index contributed by atoms with van der Waals surface area (Å²) in [6, 6.07) is 50.4. The van der Waals surface area contributed by atoms with Gasteiger partial charge in [-0.05, 0) is 80.2 Å². The van der Waals surface area contributed by atoms with Crippen LogP contribution in [0.25, 0.3) is 78.0 Å². The summed E-state index contributed by atoms with van der Waals surface area (Å²) in [5.74, 6) is 1.90. The van der Waals surface area contributed by atoms with Gasteiger partial charge in [-0.3, -0.25) is 4.98 Å². The molecule has 4 heteroatoms. The smallest absolute Gasteiger partial charge is 0.164 e. The molecule has 206 valence electrons. The Morgan fingerprint density at radius 3 is 1.34 bits per heavy atom. The Morgan fingerprint density at radius 2 is 0.773 bits per heavy atom. The van der Waals surface area contributed by atoms with Gasteiger partial charge in [-0.1, -0.05) is 109 Å². The number of aromatic nitrogens is 4. The lowest BCUT2D eigenvalue weighted by Gasteiger charge is -2.16. The first-order chi connectivity index (χ1) is 21.8. The van der Waals surface area contributed by atoms with Crippen molar-refractivity contribution in [2.75, 3.05) is 0 Å². The van der Waals surface area contributed by atoms with Crippen LogP contribution in [0.1, 0.15) is 0 Å². The van der Waals surface area contributed by atoms with Crippen molar-refractivity contribution in [3.8, 4) is 56.4 Å². The fourth-order valence-electron chi connectivity index (χ4n) is 5.87. The van der Waals surface area contributed by atoms with Crippen LogP contribution in [-0.2, 0) is 0 Å². The summed E-state index contributed by atoms with van der Waals surface area (Å²) in [6.07, 6.45) is 3.66. The zero-order valence-electron chi connectivity index (χ0n) is 23.8. The standard InChI is InChI=1S/C40H26N4/c1-3-11-28(12-4-1)38-42-39(29-13-5-2-6-14-29)44-40(43-38)34-25-32(27-19-21-41-22-20-27)24-33(26-34)37-35-17-9-7-15-30(35)23-31-16-8-10-18-36(31)37/h1-26H. The molecule has 0 aliphatic heterocycles. The molecule has 0 N–H and O–H groups in total. The average Bonchev–Trinajstić information content (AvgIpc) is 3.11. The van der Waals surface area contributed by atoms with Gasteiger partial charge in [0.15, 0.2) is 17.5 Å². The van der Waals surface area contributed by atoms with Gasteiger partial charge < -0.3 is 0 Å². The number of nitrogens with zero attached hydrogens (tertiary/aromatic N) is 4. The zero-order valence-corrected chi connectivity index (χ0v) is 23.8. The third-order valence-electron chi connectivity index (χ3n) is 7.96. The lowest BCUT2D eigenvalue weighted by molar-refractivity contribution is 1.07. The van der Waals surface area contributed by atoms with Crippen molar-refractivity contribution in [2.24, 2.45) is 0 Å². The van der Waals surface area contributed by atoms with E-state index in [9.17, 15) is 0 Å².